The van der Waals surface area contributed by atoms with Crippen molar-refractivity contribution in [3.05, 3.63) is 78.4 Å². The number of nitrogens with zero attached hydrogens (tertiary/aromatic N) is 4. The zero-order valence-electron chi connectivity index (χ0n) is 17.8. The van der Waals surface area contributed by atoms with Gasteiger partial charge in [0.05, 0.1) is 17.8 Å². The summed E-state index contributed by atoms with van der Waals surface area (Å²) < 4.78 is 2.27. The summed E-state index contributed by atoms with van der Waals surface area (Å²) in [6, 6.07) is 19.1. The number of hydrogen-bond acceptors (Lipinski definition) is 3. The summed E-state index contributed by atoms with van der Waals surface area (Å²) in [7, 11) is 4.12. The standard InChI is InChI=1S/C24H29N5S/c1-4-5-16-29-23(22(26-24(29)30)20-9-6-7-15-25-20)21-10-8-17-28(21)19-13-11-18(12-14-19)27(2)3/h6-15,17,22-23H,4-5,16H2,1-3H3,(H,26,30)/t22-,23+/m0/s1. The van der Waals surface area contributed by atoms with Crippen LogP contribution in [-0.2, 0) is 0 Å². The number of benzene rings is 1. The van der Waals surface area contributed by atoms with Crippen molar-refractivity contribution >= 4 is 23.0 Å². The third-order valence-corrected chi connectivity index (χ3v) is 6.03. The predicted octanol–water partition coefficient (Wildman–Crippen LogP) is 4.71. The van der Waals surface area contributed by atoms with Crippen molar-refractivity contribution in [3.63, 3.8) is 0 Å². The van der Waals surface area contributed by atoms with Crippen molar-refractivity contribution in [2.24, 2.45) is 0 Å². The van der Waals surface area contributed by atoms with Crippen LogP contribution in [0.15, 0.2) is 67.0 Å². The minimum atomic E-state index is 0.0188. The van der Waals surface area contributed by atoms with Crippen LogP contribution in [-0.4, -0.2) is 40.2 Å². The van der Waals surface area contributed by atoms with E-state index in [1.165, 1.54) is 11.4 Å². The van der Waals surface area contributed by atoms with Gasteiger partial charge in [0.2, 0.25) is 0 Å². The predicted molar refractivity (Wildman–Crippen MR) is 127 cm³/mol. The van der Waals surface area contributed by atoms with Gasteiger partial charge in [-0.25, -0.2) is 0 Å². The Morgan fingerprint density at radius 1 is 1.07 bits per heavy atom. The topological polar surface area (TPSA) is 36.3 Å². The quantitative estimate of drug-likeness (QED) is 0.561. The number of thiocarbonyl (C=S) groups is 1. The molecule has 4 rings (SSSR count). The third-order valence-electron chi connectivity index (χ3n) is 5.68. The van der Waals surface area contributed by atoms with Crippen LogP contribution < -0.4 is 10.2 Å². The van der Waals surface area contributed by atoms with E-state index in [9.17, 15) is 0 Å². The largest absolute Gasteiger partial charge is 0.378 e. The van der Waals surface area contributed by atoms with Crippen LogP contribution in [0.2, 0.25) is 0 Å². The molecule has 0 saturated carbocycles. The second kappa shape index (κ2) is 8.88. The molecule has 1 saturated heterocycles. The molecule has 0 unspecified atom stereocenters. The minimum absolute atomic E-state index is 0.0188. The van der Waals surface area contributed by atoms with E-state index in [0.717, 1.165) is 35.9 Å². The van der Waals surface area contributed by atoms with Gasteiger partial charge in [-0.1, -0.05) is 19.4 Å². The van der Waals surface area contributed by atoms with Crippen molar-refractivity contribution in [2.75, 3.05) is 25.5 Å². The summed E-state index contributed by atoms with van der Waals surface area (Å²) in [6.45, 7) is 3.15. The number of unbranched alkanes of at least 4 members (excludes halogenated alkanes) is 1. The molecule has 1 aliphatic rings. The summed E-state index contributed by atoms with van der Waals surface area (Å²) in [5.74, 6) is 0. The molecule has 0 spiro atoms. The average molecular weight is 420 g/mol. The third kappa shape index (κ3) is 3.92. The number of aromatic nitrogens is 2. The molecule has 1 N–H and O–H groups in total. The van der Waals surface area contributed by atoms with Crippen LogP contribution in [0.25, 0.3) is 5.69 Å². The van der Waals surface area contributed by atoms with Gasteiger partial charge in [0.15, 0.2) is 5.11 Å². The van der Waals surface area contributed by atoms with E-state index in [0.29, 0.717) is 0 Å². The zero-order chi connectivity index (χ0) is 21.1. The van der Waals surface area contributed by atoms with Gasteiger partial charge in [-0.05, 0) is 67.2 Å². The molecule has 0 amide bonds. The van der Waals surface area contributed by atoms with Crippen molar-refractivity contribution in [1.82, 2.24) is 19.8 Å². The first-order valence-electron chi connectivity index (χ1n) is 10.5. The molecule has 1 aliphatic heterocycles. The van der Waals surface area contributed by atoms with E-state index in [-0.39, 0.29) is 12.1 Å². The lowest BCUT2D eigenvalue weighted by atomic mass is 10.0. The highest BCUT2D eigenvalue weighted by Crippen LogP contribution is 2.39. The Bertz CT molecular complexity index is 980. The highest BCUT2D eigenvalue weighted by molar-refractivity contribution is 7.80. The van der Waals surface area contributed by atoms with E-state index in [1.54, 1.807) is 0 Å². The van der Waals surface area contributed by atoms with Crippen LogP contribution in [0, 0.1) is 0 Å². The van der Waals surface area contributed by atoms with Gasteiger partial charge < -0.3 is 19.7 Å². The Morgan fingerprint density at radius 3 is 2.53 bits per heavy atom. The fourth-order valence-corrected chi connectivity index (χ4v) is 4.41. The Balaban J connectivity index is 1.75. The monoisotopic (exact) mass is 419 g/mol. The molecule has 0 radical (unpaired) electrons. The van der Waals surface area contributed by atoms with Crippen LogP contribution in [0.1, 0.15) is 43.2 Å². The van der Waals surface area contributed by atoms with Crippen LogP contribution >= 0.6 is 12.2 Å². The normalized spacial score (nSPS) is 18.5. The molecule has 1 aromatic carbocycles. The molecule has 2 aromatic heterocycles. The summed E-state index contributed by atoms with van der Waals surface area (Å²) in [5.41, 5.74) is 4.56. The van der Waals surface area contributed by atoms with Crippen molar-refractivity contribution in [3.8, 4) is 5.69 Å². The van der Waals surface area contributed by atoms with Gasteiger partial charge in [0, 0.05) is 50.1 Å². The SMILES string of the molecule is CCCCN1C(=S)N[C@@H](c2ccccn2)[C@H]1c1cccn1-c1ccc(N(C)C)cc1. The van der Waals surface area contributed by atoms with Crippen molar-refractivity contribution in [2.45, 2.75) is 31.8 Å². The second-order valence-corrected chi connectivity index (χ2v) is 8.27. The molecule has 1 fully saturated rings. The molecule has 3 aromatic rings. The molecular weight excluding hydrogens is 390 g/mol. The molecule has 6 heteroatoms. The first kappa shape index (κ1) is 20.4. The van der Waals surface area contributed by atoms with E-state index >= 15 is 0 Å². The van der Waals surface area contributed by atoms with E-state index in [4.69, 9.17) is 12.2 Å². The maximum absolute atomic E-state index is 5.76. The number of rotatable bonds is 7. The maximum Gasteiger partial charge on any atom is 0.170 e. The van der Waals surface area contributed by atoms with Gasteiger partial charge in [-0.15, -0.1) is 0 Å². The zero-order valence-corrected chi connectivity index (χ0v) is 18.6. The van der Waals surface area contributed by atoms with Crippen molar-refractivity contribution < 1.29 is 0 Å². The Kier molecular flexibility index (Phi) is 6.04. The van der Waals surface area contributed by atoms with E-state index in [1.807, 2.05) is 18.3 Å². The van der Waals surface area contributed by atoms with Crippen LogP contribution in [0.3, 0.4) is 0 Å². The first-order chi connectivity index (χ1) is 14.6. The fourth-order valence-electron chi connectivity index (χ4n) is 4.08. The summed E-state index contributed by atoms with van der Waals surface area (Å²) in [6.07, 6.45) is 6.22. The highest BCUT2D eigenvalue weighted by atomic mass is 32.1. The van der Waals surface area contributed by atoms with Crippen LogP contribution in [0.5, 0.6) is 0 Å². The molecule has 5 nitrogen and oxygen atoms in total. The first-order valence-corrected chi connectivity index (χ1v) is 10.9. The minimum Gasteiger partial charge on any atom is -0.378 e. The van der Waals surface area contributed by atoms with Gasteiger partial charge >= 0.3 is 0 Å². The summed E-state index contributed by atoms with van der Waals surface area (Å²) in [5, 5.41) is 4.35. The lowest BCUT2D eigenvalue weighted by Gasteiger charge is -2.29. The van der Waals surface area contributed by atoms with Gasteiger partial charge in [-0.3, -0.25) is 4.98 Å². The molecular formula is C24H29N5S. The molecule has 0 aliphatic carbocycles. The lowest BCUT2D eigenvalue weighted by Crippen LogP contribution is -2.31. The Labute approximate surface area is 184 Å². The lowest BCUT2D eigenvalue weighted by molar-refractivity contribution is 0.304. The average Bonchev–Trinajstić information content (AvgIpc) is 3.37. The van der Waals surface area contributed by atoms with Gasteiger partial charge in [0.25, 0.3) is 0 Å². The molecule has 30 heavy (non-hydrogen) atoms. The number of hydrogen-bond donors (Lipinski definition) is 1. The van der Waals surface area contributed by atoms with E-state index < -0.39 is 0 Å². The number of nitrogens with one attached hydrogen (secondary N) is 1. The van der Waals surface area contributed by atoms with Gasteiger partial charge in [-0.2, -0.15) is 0 Å². The second-order valence-electron chi connectivity index (χ2n) is 7.89. The Hall–Kier alpha value is -2.86. The highest BCUT2D eigenvalue weighted by Gasteiger charge is 2.40. The maximum atomic E-state index is 5.76. The summed E-state index contributed by atoms with van der Waals surface area (Å²) in [4.78, 5) is 9.09. The molecule has 156 valence electrons. The molecule has 3 heterocycles. The van der Waals surface area contributed by atoms with E-state index in [2.05, 4.69) is 94.3 Å². The molecule has 0 bridgehead atoms. The fraction of sp³-hybridized carbons (Fsp3) is 0.333. The number of anilines is 1. The van der Waals surface area contributed by atoms with Crippen LogP contribution in [0.4, 0.5) is 5.69 Å². The van der Waals surface area contributed by atoms with Crippen molar-refractivity contribution in [1.29, 1.82) is 0 Å². The van der Waals surface area contributed by atoms with Gasteiger partial charge in [0.1, 0.15) is 0 Å². The number of pyridine rings is 1. The smallest absolute Gasteiger partial charge is 0.170 e. The summed E-state index contributed by atoms with van der Waals surface area (Å²) >= 11 is 5.76. The molecule has 2 atom stereocenters. The Morgan fingerprint density at radius 2 is 1.87 bits per heavy atom.